The first kappa shape index (κ1) is 15.8. The molecule has 0 amide bonds. The molecule has 0 aromatic heterocycles. The number of nitrogens with one attached hydrogen (secondary N) is 1. The monoisotopic (exact) mass is 349 g/mol. The van der Waals surface area contributed by atoms with E-state index in [0.29, 0.717) is 6.61 Å². The Morgan fingerprint density at radius 3 is 2.57 bits per heavy atom. The molecule has 0 saturated carbocycles. The molecule has 112 valence electrons. The van der Waals surface area contributed by atoms with Crippen molar-refractivity contribution in [3.8, 4) is 0 Å². The number of hydrogen-bond acceptors (Lipinski definition) is 3. The van der Waals surface area contributed by atoms with Gasteiger partial charge in [-0.25, -0.2) is 4.79 Å². The van der Waals surface area contributed by atoms with Gasteiger partial charge in [0.15, 0.2) is 0 Å². The highest BCUT2D eigenvalue weighted by molar-refractivity contribution is 9.10. The first-order chi connectivity index (χ1) is 10.2. The maximum absolute atomic E-state index is 12.0. The predicted molar refractivity (Wildman–Crippen MR) is 90.6 cm³/mol. The van der Waals surface area contributed by atoms with Gasteiger partial charge in [0.25, 0.3) is 0 Å². The summed E-state index contributed by atoms with van der Waals surface area (Å²) in [5.74, 6) is -0.189. The van der Waals surface area contributed by atoms with Gasteiger partial charge < -0.3 is 10.1 Å². The molecular weight excluding hydrogens is 330 g/mol. The average Bonchev–Trinajstić information content (AvgIpc) is 2.50. The third-order valence-corrected chi connectivity index (χ3v) is 4.04. The number of carbonyl (C=O) groups is 1. The van der Waals surface area contributed by atoms with Gasteiger partial charge in [0.2, 0.25) is 0 Å². The maximum atomic E-state index is 12.0. The summed E-state index contributed by atoms with van der Waals surface area (Å²) >= 11 is 3.56. The van der Waals surface area contributed by atoms with Gasteiger partial charge in [-0.05, 0) is 30.9 Å². The molecule has 2 aromatic rings. The predicted octanol–water partition coefficient (Wildman–Crippen LogP) is 4.75. The molecule has 0 aliphatic rings. The lowest BCUT2D eigenvalue weighted by molar-refractivity contribution is -0.144. The number of hydrogen-bond donors (Lipinski definition) is 1. The smallest absolute Gasteiger partial charge is 0.328 e. The summed E-state index contributed by atoms with van der Waals surface area (Å²) in [5, 5.41) is 5.56. The molecular formula is C17H20BrNO2. The third-order valence-electron chi connectivity index (χ3n) is 3.35. The second-order valence-corrected chi connectivity index (χ2v) is 5.73. The lowest BCUT2D eigenvalue weighted by Crippen LogP contribution is -2.31. The van der Waals surface area contributed by atoms with Crippen LogP contribution in [0.15, 0.2) is 40.9 Å². The van der Waals surface area contributed by atoms with E-state index in [1.807, 2.05) is 31.2 Å². The van der Waals surface area contributed by atoms with Crippen molar-refractivity contribution in [2.75, 3.05) is 11.9 Å². The fourth-order valence-corrected chi connectivity index (χ4v) is 2.83. The van der Waals surface area contributed by atoms with E-state index < -0.39 is 0 Å². The molecule has 0 spiro atoms. The lowest BCUT2D eigenvalue weighted by Gasteiger charge is -2.19. The number of benzene rings is 2. The Morgan fingerprint density at radius 2 is 1.90 bits per heavy atom. The number of esters is 1. The van der Waals surface area contributed by atoms with Crippen molar-refractivity contribution in [2.24, 2.45) is 0 Å². The minimum absolute atomic E-state index is 0.189. The Labute approximate surface area is 133 Å². The van der Waals surface area contributed by atoms with Crippen LogP contribution in [0.1, 0.15) is 26.7 Å². The molecule has 0 bridgehead atoms. The molecule has 2 aromatic carbocycles. The van der Waals surface area contributed by atoms with Crippen LogP contribution in [0.5, 0.6) is 0 Å². The third kappa shape index (κ3) is 3.76. The SMILES string of the molecule is CCCC(Nc1ccc(Br)c2ccccc12)C(=O)OCC. The molecule has 21 heavy (non-hydrogen) atoms. The van der Waals surface area contributed by atoms with E-state index in [9.17, 15) is 4.79 Å². The molecule has 0 aliphatic carbocycles. The van der Waals surface area contributed by atoms with Gasteiger partial charge in [-0.2, -0.15) is 0 Å². The number of carbonyl (C=O) groups excluding carboxylic acids is 1. The van der Waals surface area contributed by atoms with Gasteiger partial charge >= 0.3 is 5.97 Å². The molecule has 0 aliphatic heterocycles. The van der Waals surface area contributed by atoms with E-state index >= 15 is 0 Å². The summed E-state index contributed by atoms with van der Waals surface area (Å²) in [6.45, 7) is 4.30. The van der Waals surface area contributed by atoms with Crippen LogP contribution in [-0.4, -0.2) is 18.6 Å². The Morgan fingerprint density at radius 1 is 1.19 bits per heavy atom. The highest BCUT2D eigenvalue weighted by Gasteiger charge is 2.19. The van der Waals surface area contributed by atoms with Gasteiger partial charge in [-0.15, -0.1) is 0 Å². The molecule has 4 heteroatoms. The molecule has 0 radical (unpaired) electrons. The summed E-state index contributed by atoms with van der Waals surface area (Å²) in [4.78, 5) is 12.0. The van der Waals surface area contributed by atoms with Crippen LogP contribution >= 0.6 is 15.9 Å². The molecule has 1 N–H and O–H groups in total. The van der Waals surface area contributed by atoms with Crippen molar-refractivity contribution in [1.29, 1.82) is 0 Å². The fraction of sp³-hybridized carbons (Fsp3) is 0.353. The zero-order valence-electron chi connectivity index (χ0n) is 12.4. The van der Waals surface area contributed by atoms with Crippen LogP contribution in [0.25, 0.3) is 10.8 Å². The standard InChI is InChI=1S/C17H20BrNO2/c1-3-7-16(17(20)21-4-2)19-15-11-10-14(18)12-8-5-6-9-13(12)15/h5-6,8-11,16,19H,3-4,7H2,1-2H3. The van der Waals surface area contributed by atoms with Gasteiger partial charge in [-0.3, -0.25) is 0 Å². The molecule has 0 saturated heterocycles. The fourth-order valence-electron chi connectivity index (χ4n) is 2.36. The van der Waals surface area contributed by atoms with Crippen molar-refractivity contribution >= 4 is 38.4 Å². The van der Waals surface area contributed by atoms with E-state index in [1.165, 1.54) is 0 Å². The lowest BCUT2D eigenvalue weighted by atomic mass is 10.1. The van der Waals surface area contributed by atoms with E-state index in [1.54, 1.807) is 0 Å². The summed E-state index contributed by atoms with van der Waals surface area (Å²) in [7, 11) is 0. The van der Waals surface area contributed by atoms with Gasteiger partial charge in [0.05, 0.1) is 6.61 Å². The first-order valence-electron chi connectivity index (χ1n) is 7.27. The zero-order valence-corrected chi connectivity index (χ0v) is 13.9. The number of ether oxygens (including phenoxy) is 1. The Bertz CT molecular complexity index is 627. The minimum atomic E-state index is -0.306. The van der Waals surface area contributed by atoms with Crippen molar-refractivity contribution in [2.45, 2.75) is 32.7 Å². The average molecular weight is 350 g/mol. The molecule has 2 rings (SSSR count). The van der Waals surface area contributed by atoms with E-state index in [2.05, 4.69) is 40.3 Å². The summed E-state index contributed by atoms with van der Waals surface area (Å²) in [5.41, 5.74) is 0.959. The highest BCUT2D eigenvalue weighted by Crippen LogP contribution is 2.30. The van der Waals surface area contributed by atoms with Crippen LogP contribution in [0.2, 0.25) is 0 Å². The number of rotatable bonds is 6. The van der Waals surface area contributed by atoms with Crippen molar-refractivity contribution in [3.63, 3.8) is 0 Å². The topological polar surface area (TPSA) is 38.3 Å². The Balaban J connectivity index is 2.32. The molecule has 0 heterocycles. The first-order valence-corrected chi connectivity index (χ1v) is 8.07. The van der Waals surface area contributed by atoms with E-state index in [-0.39, 0.29) is 12.0 Å². The highest BCUT2D eigenvalue weighted by atomic mass is 79.9. The molecule has 0 fully saturated rings. The van der Waals surface area contributed by atoms with Gasteiger partial charge in [0, 0.05) is 15.5 Å². The summed E-state index contributed by atoms with van der Waals surface area (Å²) in [6.07, 6.45) is 1.67. The van der Waals surface area contributed by atoms with Crippen molar-refractivity contribution < 1.29 is 9.53 Å². The summed E-state index contributed by atoms with van der Waals surface area (Å²) in [6, 6.07) is 11.8. The Kier molecular flexibility index (Phi) is 5.62. The molecule has 3 nitrogen and oxygen atoms in total. The largest absolute Gasteiger partial charge is 0.464 e. The second-order valence-electron chi connectivity index (χ2n) is 4.88. The van der Waals surface area contributed by atoms with Crippen LogP contribution in [0, 0.1) is 0 Å². The van der Waals surface area contributed by atoms with Gasteiger partial charge in [-0.1, -0.05) is 53.5 Å². The van der Waals surface area contributed by atoms with Crippen LogP contribution in [0.3, 0.4) is 0 Å². The summed E-state index contributed by atoms with van der Waals surface area (Å²) < 4.78 is 6.20. The van der Waals surface area contributed by atoms with E-state index in [0.717, 1.165) is 33.8 Å². The van der Waals surface area contributed by atoms with Crippen molar-refractivity contribution in [1.82, 2.24) is 0 Å². The number of fused-ring (bicyclic) bond motifs is 1. The normalized spacial score (nSPS) is 12.1. The second kappa shape index (κ2) is 7.46. The quantitative estimate of drug-likeness (QED) is 0.765. The molecule has 1 unspecified atom stereocenters. The molecule has 1 atom stereocenters. The van der Waals surface area contributed by atoms with Crippen molar-refractivity contribution in [3.05, 3.63) is 40.9 Å². The van der Waals surface area contributed by atoms with Gasteiger partial charge in [0.1, 0.15) is 6.04 Å². The maximum Gasteiger partial charge on any atom is 0.328 e. The van der Waals surface area contributed by atoms with E-state index in [4.69, 9.17) is 4.74 Å². The Hall–Kier alpha value is -1.55. The van der Waals surface area contributed by atoms with Crippen LogP contribution in [0.4, 0.5) is 5.69 Å². The van der Waals surface area contributed by atoms with Crippen LogP contribution < -0.4 is 5.32 Å². The zero-order chi connectivity index (χ0) is 15.2. The number of anilines is 1. The van der Waals surface area contributed by atoms with Crippen LogP contribution in [-0.2, 0) is 9.53 Å². The minimum Gasteiger partial charge on any atom is -0.464 e. The number of halogens is 1.